The summed E-state index contributed by atoms with van der Waals surface area (Å²) in [6.07, 6.45) is 3.12. The molecule has 0 saturated heterocycles. The molecular formula is C15H16BBrO5S. The van der Waals surface area contributed by atoms with Crippen molar-refractivity contribution in [3.8, 4) is 5.75 Å². The Morgan fingerprint density at radius 3 is 2.35 bits per heavy atom. The number of methoxy groups -OCH3 is 1. The Balaban J connectivity index is 0.000000231. The molecule has 0 aliphatic rings. The Morgan fingerprint density at radius 1 is 1.22 bits per heavy atom. The lowest BCUT2D eigenvalue weighted by atomic mass is 10.2. The van der Waals surface area contributed by atoms with Crippen molar-refractivity contribution in [2.45, 2.75) is 6.92 Å². The van der Waals surface area contributed by atoms with Crippen molar-refractivity contribution in [1.82, 2.24) is 0 Å². The molecule has 8 heteroatoms. The van der Waals surface area contributed by atoms with Crippen molar-refractivity contribution >= 4 is 46.6 Å². The van der Waals surface area contributed by atoms with E-state index < -0.39 is 7.32 Å². The van der Waals surface area contributed by atoms with Crippen LogP contribution in [0.1, 0.15) is 10.4 Å². The minimum Gasteiger partial charge on any atom is -0.512 e. The Morgan fingerprint density at radius 2 is 1.87 bits per heavy atom. The van der Waals surface area contributed by atoms with Gasteiger partial charge in [-0.1, -0.05) is 17.7 Å². The average molecular weight is 399 g/mol. The molecule has 0 aliphatic carbocycles. The standard InChI is InChI=1S/C8H7BrO2S.C7H9BO3/c1-11-8(10)5-3-6-2-4-7(9)12-6;1-6-2-4-7(5-3-6)11-8(9)10/h2-5H,1H3;2-5,9-10H,1H3. The number of halogens is 1. The van der Waals surface area contributed by atoms with Gasteiger partial charge in [0.05, 0.1) is 10.9 Å². The number of aryl methyl sites for hydroxylation is 1. The van der Waals surface area contributed by atoms with Crippen molar-refractivity contribution in [3.63, 3.8) is 0 Å². The molecule has 0 bridgehead atoms. The second-order valence-electron chi connectivity index (χ2n) is 4.26. The zero-order chi connectivity index (χ0) is 17.2. The van der Waals surface area contributed by atoms with Gasteiger partial charge in [0.1, 0.15) is 5.75 Å². The van der Waals surface area contributed by atoms with Gasteiger partial charge in [-0.15, -0.1) is 11.3 Å². The number of thiophene rings is 1. The molecule has 0 saturated carbocycles. The van der Waals surface area contributed by atoms with Gasteiger partial charge in [0.25, 0.3) is 0 Å². The summed E-state index contributed by atoms with van der Waals surface area (Å²) in [7, 11) is -0.380. The van der Waals surface area contributed by atoms with E-state index >= 15 is 0 Å². The maximum Gasteiger partial charge on any atom is 0.707 e. The third-order valence-electron chi connectivity index (χ3n) is 2.44. The molecule has 5 nitrogen and oxygen atoms in total. The number of benzene rings is 1. The van der Waals surface area contributed by atoms with E-state index in [1.807, 2.05) is 31.2 Å². The third kappa shape index (κ3) is 8.56. The van der Waals surface area contributed by atoms with Crippen LogP contribution in [0.3, 0.4) is 0 Å². The van der Waals surface area contributed by atoms with Crippen LogP contribution < -0.4 is 4.65 Å². The Hall–Kier alpha value is -1.61. The molecule has 2 aromatic rings. The first-order chi connectivity index (χ1) is 10.9. The van der Waals surface area contributed by atoms with Crippen LogP contribution in [0.25, 0.3) is 6.08 Å². The minimum absolute atomic E-state index is 0.334. The first-order valence-electron chi connectivity index (χ1n) is 6.51. The second kappa shape index (κ2) is 10.2. The number of esters is 1. The van der Waals surface area contributed by atoms with Crippen LogP contribution in [0.5, 0.6) is 5.75 Å². The van der Waals surface area contributed by atoms with E-state index in [4.69, 9.17) is 10.0 Å². The van der Waals surface area contributed by atoms with Gasteiger partial charge >= 0.3 is 13.3 Å². The summed E-state index contributed by atoms with van der Waals surface area (Å²) < 4.78 is 10.1. The van der Waals surface area contributed by atoms with Crippen molar-refractivity contribution in [2.75, 3.05) is 7.11 Å². The topological polar surface area (TPSA) is 76.0 Å². The van der Waals surface area contributed by atoms with E-state index in [0.29, 0.717) is 5.75 Å². The summed E-state index contributed by atoms with van der Waals surface area (Å²) in [4.78, 5) is 11.7. The molecule has 23 heavy (non-hydrogen) atoms. The molecule has 0 spiro atoms. The summed E-state index contributed by atoms with van der Waals surface area (Å²) in [6.45, 7) is 1.94. The molecular weight excluding hydrogens is 383 g/mol. The van der Waals surface area contributed by atoms with Crippen molar-refractivity contribution in [1.29, 1.82) is 0 Å². The number of hydrogen-bond acceptors (Lipinski definition) is 6. The first-order valence-corrected chi connectivity index (χ1v) is 8.12. The Kier molecular flexibility index (Phi) is 8.64. The second-order valence-corrected chi connectivity index (χ2v) is 6.75. The van der Waals surface area contributed by atoms with Gasteiger partial charge in [0.2, 0.25) is 0 Å². The summed E-state index contributed by atoms with van der Waals surface area (Å²) >= 11 is 4.89. The highest BCUT2D eigenvalue weighted by Gasteiger charge is 2.09. The molecule has 1 aromatic carbocycles. The molecule has 1 aromatic heterocycles. The maximum absolute atomic E-state index is 10.7. The molecule has 0 radical (unpaired) electrons. The summed E-state index contributed by atoms with van der Waals surface area (Å²) in [5.41, 5.74) is 1.10. The fourth-order valence-corrected chi connectivity index (χ4v) is 2.70. The first kappa shape index (κ1) is 19.4. The molecule has 0 amide bonds. The zero-order valence-electron chi connectivity index (χ0n) is 12.6. The van der Waals surface area contributed by atoms with Crippen molar-refractivity contribution < 1.29 is 24.2 Å². The van der Waals surface area contributed by atoms with Crippen LogP contribution >= 0.6 is 27.3 Å². The van der Waals surface area contributed by atoms with Crippen LogP contribution in [0.4, 0.5) is 0 Å². The van der Waals surface area contributed by atoms with E-state index in [0.717, 1.165) is 14.2 Å². The highest BCUT2D eigenvalue weighted by Crippen LogP contribution is 2.22. The minimum atomic E-state index is -1.74. The SMILES string of the molecule is COC(=O)C=Cc1ccc(Br)s1.Cc1ccc(OB(O)O)cc1. The van der Waals surface area contributed by atoms with Gasteiger partial charge in [-0.2, -0.15) is 0 Å². The van der Waals surface area contributed by atoms with Gasteiger partial charge in [0.15, 0.2) is 0 Å². The average Bonchev–Trinajstić information content (AvgIpc) is 2.93. The number of rotatable bonds is 4. The molecule has 0 fully saturated rings. The lowest BCUT2D eigenvalue weighted by Crippen LogP contribution is -2.20. The van der Waals surface area contributed by atoms with Gasteiger partial charge in [-0.3, -0.25) is 0 Å². The highest BCUT2D eigenvalue weighted by atomic mass is 79.9. The number of carbonyl (C=O) groups is 1. The van der Waals surface area contributed by atoms with E-state index in [1.54, 1.807) is 29.5 Å². The van der Waals surface area contributed by atoms with Crippen molar-refractivity contribution in [2.24, 2.45) is 0 Å². The van der Waals surface area contributed by atoms with E-state index in [1.165, 1.54) is 13.2 Å². The van der Waals surface area contributed by atoms with Gasteiger partial charge in [-0.25, -0.2) is 4.79 Å². The van der Waals surface area contributed by atoms with Gasteiger partial charge in [-0.05, 0) is 53.2 Å². The lowest BCUT2D eigenvalue weighted by molar-refractivity contribution is -0.134. The zero-order valence-corrected chi connectivity index (χ0v) is 15.0. The molecule has 2 rings (SSSR count). The maximum atomic E-state index is 10.7. The fourth-order valence-electron chi connectivity index (χ4n) is 1.37. The van der Waals surface area contributed by atoms with Crippen LogP contribution in [-0.4, -0.2) is 30.4 Å². The Labute approximate surface area is 147 Å². The monoisotopic (exact) mass is 398 g/mol. The third-order valence-corrected chi connectivity index (χ3v) is 4.03. The van der Waals surface area contributed by atoms with Crippen LogP contribution in [0.2, 0.25) is 0 Å². The summed E-state index contributed by atoms with van der Waals surface area (Å²) in [6, 6.07) is 10.9. The molecule has 0 aliphatic heterocycles. The van der Waals surface area contributed by atoms with E-state index in [-0.39, 0.29) is 5.97 Å². The lowest BCUT2D eigenvalue weighted by Gasteiger charge is -2.03. The van der Waals surface area contributed by atoms with Crippen LogP contribution in [0.15, 0.2) is 46.3 Å². The highest BCUT2D eigenvalue weighted by molar-refractivity contribution is 9.11. The fraction of sp³-hybridized carbons (Fsp3) is 0.133. The molecule has 0 unspecified atom stereocenters. The predicted octanol–water partition coefficient (Wildman–Crippen LogP) is 3.04. The predicted molar refractivity (Wildman–Crippen MR) is 95.1 cm³/mol. The number of ether oxygens (including phenoxy) is 1. The molecule has 0 atom stereocenters. The quantitative estimate of drug-likeness (QED) is 0.470. The Bertz CT molecular complexity index is 640. The van der Waals surface area contributed by atoms with Crippen molar-refractivity contribution in [3.05, 3.63) is 56.7 Å². The number of hydrogen-bond donors (Lipinski definition) is 2. The summed E-state index contributed by atoms with van der Waals surface area (Å²) in [5, 5.41) is 16.8. The van der Waals surface area contributed by atoms with Gasteiger partial charge < -0.3 is 19.4 Å². The molecule has 122 valence electrons. The van der Waals surface area contributed by atoms with Crippen LogP contribution in [0, 0.1) is 6.92 Å². The smallest absolute Gasteiger partial charge is 0.512 e. The van der Waals surface area contributed by atoms with E-state index in [2.05, 4.69) is 25.3 Å². The summed E-state index contributed by atoms with van der Waals surface area (Å²) in [5.74, 6) is 0.116. The van der Waals surface area contributed by atoms with Crippen LogP contribution in [-0.2, 0) is 9.53 Å². The largest absolute Gasteiger partial charge is 0.707 e. The molecule has 1 heterocycles. The van der Waals surface area contributed by atoms with E-state index in [9.17, 15) is 4.79 Å². The number of carbonyl (C=O) groups excluding carboxylic acids is 1. The van der Waals surface area contributed by atoms with Gasteiger partial charge in [0, 0.05) is 11.0 Å². The normalized spacial score (nSPS) is 9.96. The molecule has 2 N–H and O–H groups in total.